The van der Waals surface area contributed by atoms with Gasteiger partial charge in [-0.25, -0.2) is 0 Å². The Kier molecular flexibility index (Phi) is 5.74. The van der Waals surface area contributed by atoms with Crippen LogP contribution in [-0.2, 0) is 10.3 Å². The highest BCUT2D eigenvalue weighted by Gasteiger charge is 2.46. The standard InChI is InChI=1S/C17H28N4O.ClH/c1-14(2)12-16(4-5-16)13-19-15(22)17(6-9-18-10-7-17)21-11-3-8-20-21;/h3,8,11,14,18H,4-7,9-10,12-13H2,1-2H3,(H,19,22);1H. The maximum atomic E-state index is 13.0. The lowest BCUT2D eigenvalue weighted by Crippen LogP contribution is -2.55. The van der Waals surface area contributed by atoms with Crippen molar-refractivity contribution in [2.24, 2.45) is 11.3 Å². The van der Waals surface area contributed by atoms with E-state index in [-0.39, 0.29) is 18.3 Å². The lowest BCUT2D eigenvalue weighted by molar-refractivity contribution is -0.132. The Labute approximate surface area is 145 Å². The van der Waals surface area contributed by atoms with Gasteiger partial charge in [-0.1, -0.05) is 13.8 Å². The second kappa shape index (κ2) is 7.22. The van der Waals surface area contributed by atoms with Crippen molar-refractivity contribution in [1.29, 1.82) is 0 Å². The van der Waals surface area contributed by atoms with Crippen LogP contribution in [0.2, 0.25) is 0 Å². The Morgan fingerprint density at radius 1 is 1.30 bits per heavy atom. The Hall–Kier alpha value is -1.07. The zero-order valence-corrected chi connectivity index (χ0v) is 15.0. The molecule has 1 saturated heterocycles. The first-order valence-corrected chi connectivity index (χ1v) is 8.56. The molecular formula is C17H29ClN4O. The zero-order valence-electron chi connectivity index (χ0n) is 14.2. The molecule has 2 N–H and O–H groups in total. The molecule has 6 heteroatoms. The van der Waals surface area contributed by atoms with Gasteiger partial charge in [-0.2, -0.15) is 5.10 Å². The molecule has 1 aliphatic carbocycles. The first-order valence-electron chi connectivity index (χ1n) is 8.56. The number of hydrogen-bond donors (Lipinski definition) is 2. The van der Waals surface area contributed by atoms with E-state index in [4.69, 9.17) is 0 Å². The average Bonchev–Trinajstić information content (AvgIpc) is 3.03. The molecule has 1 aromatic rings. The molecule has 0 radical (unpaired) electrons. The minimum atomic E-state index is -0.511. The summed E-state index contributed by atoms with van der Waals surface area (Å²) in [6.45, 7) is 7.08. The molecule has 0 aromatic carbocycles. The summed E-state index contributed by atoms with van der Waals surface area (Å²) < 4.78 is 1.87. The predicted octanol–water partition coefficient (Wildman–Crippen LogP) is 2.33. The number of amides is 1. The van der Waals surface area contributed by atoms with E-state index in [0.717, 1.165) is 32.5 Å². The molecule has 0 spiro atoms. The number of nitrogens with zero attached hydrogens (tertiary/aromatic N) is 2. The van der Waals surface area contributed by atoms with Gasteiger partial charge in [0, 0.05) is 18.9 Å². The van der Waals surface area contributed by atoms with E-state index >= 15 is 0 Å². The minimum Gasteiger partial charge on any atom is -0.353 e. The van der Waals surface area contributed by atoms with Crippen molar-refractivity contribution in [2.45, 2.75) is 51.5 Å². The van der Waals surface area contributed by atoms with E-state index in [0.29, 0.717) is 11.3 Å². The Morgan fingerprint density at radius 3 is 2.52 bits per heavy atom. The molecular weight excluding hydrogens is 312 g/mol. The van der Waals surface area contributed by atoms with Crippen LogP contribution in [-0.4, -0.2) is 35.3 Å². The van der Waals surface area contributed by atoms with Gasteiger partial charge >= 0.3 is 0 Å². The number of aromatic nitrogens is 2. The first kappa shape index (κ1) is 18.3. The molecule has 1 amide bonds. The average molecular weight is 341 g/mol. The summed E-state index contributed by atoms with van der Waals surface area (Å²) in [5.41, 5.74) is -0.148. The van der Waals surface area contributed by atoms with Crippen molar-refractivity contribution in [2.75, 3.05) is 19.6 Å². The quantitative estimate of drug-likeness (QED) is 0.835. The smallest absolute Gasteiger partial charge is 0.248 e. The number of carbonyl (C=O) groups is 1. The van der Waals surface area contributed by atoms with E-state index in [1.807, 2.05) is 16.9 Å². The lowest BCUT2D eigenvalue weighted by Gasteiger charge is -2.37. The monoisotopic (exact) mass is 340 g/mol. The van der Waals surface area contributed by atoms with Crippen molar-refractivity contribution in [3.63, 3.8) is 0 Å². The molecule has 2 fully saturated rings. The molecule has 5 nitrogen and oxygen atoms in total. The third-order valence-electron chi connectivity index (χ3n) is 5.22. The highest BCUT2D eigenvalue weighted by Crippen LogP contribution is 2.50. The maximum absolute atomic E-state index is 13.0. The zero-order chi connectivity index (χ0) is 15.6. The number of nitrogens with one attached hydrogen (secondary N) is 2. The lowest BCUT2D eigenvalue weighted by atomic mass is 9.86. The van der Waals surface area contributed by atoms with E-state index in [2.05, 4.69) is 29.6 Å². The Bertz CT molecular complexity index is 505. The summed E-state index contributed by atoms with van der Waals surface area (Å²) in [6.07, 6.45) is 9.01. The number of piperidine rings is 1. The van der Waals surface area contributed by atoms with Gasteiger partial charge < -0.3 is 10.6 Å². The summed E-state index contributed by atoms with van der Waals surface area (Å²) in [4.78, 5) is 13.0. The molecule has 1 saturated carbocycles. The van der Waals surface area contributed by atoms with Gasteiger partial charge in [-0.3, -0.25) is 9.48 Å². The van der Waals surface area contributed by atoms with Gasteiger partial charge in [0.25, 0.3) is 0 Å². The third kappa shape index (κ3) is 3.89. The van der Waals surface area contributed by atoms with Crippen LogP contribution < -0.4 is 10.6 Å². The van der Waals surface area contributed by atoms with Crippen LogP contribution in [0.15, 0.2) is 18.5 Å². The van der Waals surface area contributed by atoms with Crippen LogP contribution in [0.4, 0.5) is 0 Å². The fraction of sp³-hybridized carbons (Fsp3) is 0.765. The summed E-state index contributed by atoms with van der Waals surface area (Å²) in [5, 5.41) is 11.0. The topological polar surface area (TPSA) is 59.0 Å². The molecule has 2 aliphatic rings. The summed E-state index contributed by atoms with van der Waals surface area (Å²) in [5.74, 6) is 0.839. The van der Waals surface area contributed by atoms with Crippen LogP contribution >= 0.6 is 12.4 Å². The van der Waals surface area contributed by atoms with Gasteiger partial charge in [0.15, 0.2) is 0 Å². The van der Waals surface area contributed by atoms with Crippen molar-refractivity contribution in [3.8, 4) is 0 Å². The number of hydrogen-bond acceptors (Lipinski definition) is 3. The first-order chi connectivity index (χ1) is 10.6. The molecule has 23 heavy (non-hydrogen) atoms. The molecule has 2 heterocycles. The van der Waals surface area contributed by atoms with E-state index in [1.165, 1.54) is 19.3 Å². The molecule has 1 aromatic heterocycles. The van der Waals surface area contributed by atoms with Gasteiger partial charge in [-0.15, -0.1) is 12.4 Å². The normalized spacial score (nSPS) is 21.5. The van der Waals surface area contributed by atoms with E-state index in [9.17, 15) is 4.79 Å². The molecule has 0 unspecified atom stereocenters. The van der Waals surface area contributed by atoms with Gasteiger partial charge in [0.2, 0.25) is 5.91 Å². The van der Waals surface area contributed by atoms with E-state index in [1.54, 1.807) is 6.20 Å². The largest absolute Gasteiger partial charge is 0.353 e. The molecule has 130 valence electrons. The summed E-state index contributed by atoms with van der Waals surface area (Å²) in [7, 11) is 0. The Morgan fingerprint density at radius 2 is 2.00 bits per heavy atom. The third-order valence-corrected chi connectivity index (χ3v) is 5.22. The maximum Gasteiger partial charge on any atom is 0.248 e. The van der Waals surface area contributed by atoms with Crippen molar-refractivity contribution < 1.29 is 4.79 Å². The van der Waals surface area contributed by atoms with Gasteiger partial charge in [0.1, 0.15) is 5.54 Å². The van der Waals surface area contributed by atoms with Crippen molar-refractivity contribution in [1.82, 2.24) is 20.4 Å². The number of carbonyl (C=O) groups excluding carboxylic acids is 1. The van der Waals surface area contributed by atoms with Crippen LogP contribution in [0, 0.1) is 11.3 Å². The molecule has 3 rings (SSSR count). The predicted molar refractivity (Wildman–Crippen MR) is 93.7 cm³/mol. The van der Waals surface area contributed by atoms with Gasteiger partial charge in [0.05, 0.1) is 0 Å². The molecule has 1 aliphatic heterocycles. The molecule has 0 atom stereocenters. The second-order valence-electron chi connectivity index (χ2n) is 7.51. The highest BCUT2D eigenvalue weighted by atomic mass is 35.5. The minimum absolute atomic E-state index is 0. The van der Waals surface area contributed by atoms with Crippen molar-refractivity contribution >= 4 is 18.3 Å². The summed E-state index contributed by atoms with van der Waals surface area (Å²) in [6, 6.07) is 1.90. The fourth-order valence-corrected chi connectivity index (χ4v) is 3.85. The van der Waals surface area contributed by atoms with Crippen LogP contribution in [0.25, 0.3) is 0 Å². The summed E-state index contributed by atoms with van der Waals surface area (Å²) >= 11 is 0. The van der Waals surface area contributed by atoms with Crippen LogP contribution in [0.3, 0.4) is 0 Å². The number of rotatable bonds is 6. The fourth-order valence-electron chi connectivity index (χ4n) is 3.85. The Balaban J connectivity index is 0.00000192. The highest BCUT2D eigenvalue weighted by molar-refractivity contribution is 5.85. The van der Waals surface area contributed by atoms with Crippen molar-refractivity contribution in [3.05, 3.63) is 18.5 Å². The molecule has 0 bridgehead atoms. The number of halogens is 1. The van der Waals surface area contributed by atoms with E-state index < -0.39 is 5.54 Å². The SMILES string of the molecule is CC(C)CC1(CNC(=O)C2(n3cccn3)CCNCC2)CC1.Cl. The second-order valence-corrected chi connectivity index (χ2v) is 7.51. The van der Waals surface area contributed by atoms with Gasteiger partial charge in [-0.05, 0) is 62.6 Å². The van der Waals surface area contributed by atoms with Crippen LogP contribution in [0.5, 0.6) is 0 Å². The van der Waals surface area contributed by atoms with Crippen LogP contribution in [0.1, 0.15) is 46.0 Å².